The number of hydrogen-bond donors (Lipinski definition) is 2. The van der Waals surface area contributed by atoms with Gasteiger partial charge in [0.25, 0.3) is 0 Å². The summed E-state index contributed by atoms with van der Waals surface area (Å²) >= 11 is 1.29. The third kappa shape index (κ3) is 4.79. The van der Waals surface area contributed by atoms with Crippen LogP contribution in [0.1, 0.15) is 44.2 Å². The molecule has 3 N–H and O–H groups in total. The van der Waals surface area contributed by atoms with Gasteiger partial charge in [-0.05, 0) is 37.8 Å². The Morgan fingerprint density at radius 2 is 1.83 bits per heavy atom. The first-order chi connectivity index (χ1) is 13.9. The summed E-state index contributed by atoms with van der Waals surface area (Å²) in [6.45, 7) is 8.16. The molecule has 29 heavy (non-hydrogen) atoms. The number of nitrogens with two attached hydrogens (primary N) is 1. The Bertz CT molecular complexity index is 983. The van der Waals surface area contributed by atoms with Gasteiger partial charge in [-0.1, -0.05) is 73.6 Å². The lowest BCUT2D eigenvalue weighted by molar-refractivity contribution is -0.115. The van der Waals surface area contributed by atoms with Crippen LogP contribution in [0.3, 0.4) is 0 Å². The standard InChI is InChI=1S/C22H27N5OS/c1-5-15(3)18-8-6-7-9-19(18)24-21(28)16(4)29-22-26-25-20(27(22)23)17-12-10-14(2)11-13-17/h6-13,15-16H,5,23H2,1-4H3,(H,24,28). The van der Waals surface area contributed by atoms with Gasteiger partial charge in [-0.25, -0.2) is 4.68 Å². The highest BCUT2D eigenvalue weighted by molar-refractivity contribution is 8.00. The first kappa shape index (κ1) is 20.9. The number of benzene rings is 2. The predicted molar refractivity (Wildman–Crippen MR) is 119 cm³/mol. The summed E-state index contributed by atoms with van der Waals surface area (Å²) in [7, 11) is 0. The Kier molecular flexibility index (Phi) is 6.59. The number of aryl methyl sites for hydroxylation is 1. The monoisotopic (exact) mass is 409 g/mol. The fraction of sp³-hybridized carbons (Fsp3) is 0.318. The minimum Gasteiger partial charge on any atom is -0.335 e. The summed E-state index contributed by atoms with van der Waals surface area (Å²) in [5.74, 6) is 7.05. The number of aromatic nitrogens is 3. The number of rotatable bonds is 7. The molecular formula is C22H27N5OS. The molecule has 1 amide bonds. The molecule has 0 radical (unpaired) electrons. The number of thioether (sulfide) groups is 1. The van der Waals surface area contributed by atoms with E-state index >= 15 is 0 Å². The fourth-order valence-electron chi connectivity index (χ4n) is 2.96. The van der Waals surface area contributed by atoms with Crippen LogP contribution in [0, 0.1) is 6.92 Å². The maximum Gasteiger partial charge on any atom is 0.237 e. The van der Waals surface area contributed by atoms with Gasteiger partial charge in [-0.2, -0.15) is 0 Å². The van der Waals surface area contributed by atoms with Crippen molar-refractivity contribution in [1.29, 1.82) is 0 Å². The molecule has 1 aromatic heterocycles. The third-order valence-corrected chi connectivity index (χ3v) is 6.04. The lowest BCUT2D eigenvalue weighted by Gasteiger charge is -2.17. The van der Waals surface area contributed by atoms with Crippen LogP contribution < -0.4 is 11.2 Å². The van der Waals surface area contributed by atoms with E-state index in [1.165, 1.54) is 16.4 Å². The van der Waals surface area contributed by atoms with E-state index in [0.29, 0.717) is 16.9 Å². The van der Waals surface area contributed by atoms with Crippen LogP contribution in [0.25, 0.3) is 11.4 Å². The number of nitrogens with zero attached hydrogens (tertiary/aromatic N) is 3. The van der Waals surface area contributed by atoms with Crippen molar-refractivity contribution >= 4 is 23.4 Å². The minimum absolute atomic E-state index is 0.0920. The molecule has 6 nitrogen and oxygen atoms in total. The zero-order valence-electron chi connectivity index (χ0n) is 17.2. The van der Waals surface area contributed by atoms with Crippen molar-refractivity contribution in [2.24, 2.45) is 0 Å². The van der Waals surface area contributed by atoms with E-state index in [4.69, 9.17) is 5.84 Å². The number of anilines is 1. The SMILES string of the molecule is CCC(C)c1ccccc1NC(=O)C(C)Sc1nnc(-c2ccc(C)cc2)n1N. The summed E-state index contributed by atoms with van der Waals surface area (Å²) in [6, 6.07) is 15.9. The molecule has 2 atom stereocenters. The molecule has 0 fully saturated rings. The van der Waals surface area contributed by atoms with Gasteiger partial charge in [0, 0.05) is 11.3 Å². The molecule has 152 valence electrons. The van der Waals surface area contributed by atoms with E-state index in [1.807, 2.05) is 56.3 Å². The molecule has 1 heterocycles. The zero-order chi connectivity index (χ0) is 21.0. The number of carbonyl (C=O) groups is 1. The second-order valence-electron chi connectivity index (χ2n) is 7.19. The Labute approximate surface area is 175 Å². The number of amides is 1. The predicted octanol–water partition coefficient (Wildman–Crippen LogP) is 4.60. The average molecular weight is 410 g/mol. The Morgan fingerprint density at radius 3 is 2.52 bits per heavy atom. The molecule has 0 saturated heterocycles. The normalized spacial score (nSPS) is 13.1. The third-order valence-electron chi connectivity index (χ3n) is 4.99. The first-order valence-electron chi connectivity index (χ1n) is 9.74. The summed E-state index contributed by atoms with van der Waals surface area (Å²) in [6.07, 6.45) is 1.01. The second kappa shape index (κ2) is 9.13. The van der Waals surface area contributed by atoms with E-state index in [2.05, 4.69) is 35.4 Å². The van der Waals surface area contributed by atoms with Crippen LogP contribution in [-0.2, 0) is 4.79 Å². The second-order valence-corrected chi connectivity index (χ2v) is 8.50. The highest BCUT2D eigenvalue weighted by atomic mass is 32.2. The van der Waals surface area contributed by atoms with Gasteiger partial charge in [0.05, 0.1) is 5.25 Å². The largest absolute Gasteiger partial charge is 0.335 e. The van der Waals surface area contributed by atoms with Crippen LogP contribution >= 0.6 is 11.8 Å². The molecular weight excluding hydrogens is 382 g/mol. The number of para-hydroxylation sites is 1. The van der Waals surface area contributed by atoms with Crippen molar-refractivity contribution in [3.8, 4) is 11.4 Å². The maximum atomic E-state index is 12.8. The molecule has 0 aliphatic heterocycles. The van der Waals surface area contributed by atoms with Gasteiger partial charge in [0.2, 0.25) is 11.1 Å². The number of nitrogens with one attached hydrogen (secondary N) is 1. The molecule has 0 aliphatic rings. The molecule has 0 aliphatic carbocycles. The Hall–Kier alpha value is -2.80. The smallest absolute Gasteiger partial charge is 0.237 e. The zero-order valence-corrected chi connectivity index (χ0v) is 18.0. The number of hydrogen-bond acceptors (Lipinski definition) is 5. The fourth-order valence-corrected chi connectivity index (χ4v) is 3.73. The summed E-state index contributed by atoms with van der Waals surface area (Å²) in [4.78, 5) is 12.8. The highest BCUT2D eigenvalue weighted by Crippen LogP contribution is 2.29. The highest BCUT2D eigenvalue weighted by Gasteiger charge is 2.21. The van der Waals surface area contributed by atoms with E-state index in [9.17, 15) is 4.79 Å². The summed E-state index contributed by atoms with van der Waals surface area (Å²) in [5.41, 5.74) is 4.05. The van der Waals surface area contributed by atoms with Crippen LogP contribution in [-0.4, -0.2) is 26.0 Å². The quantitative estimate of drug-likeness (QED) is 0.440. The molecule has 2 unspecified atom stereocenters. The maximum absolute atomic E-state index is 12.8. The van der Waals surface area contributed by atoms with Crippen molar-refractivity contribution < 1.29 is 4.79 Å². The molecule has 3 aromatic rings. The topological polar surface area (TPSA) is 85.8 Å². The van der Waals surface area contributed by atoms with E-state index in [1.54, 1.807) is 0 Å². The molecule has 3 rings (SSSR count). The molecule has 0 saturated carbocycles. The lowest BCUT2D eigenvalue weighted by Crippen LogP contribution is -2.24. The van der Waals surface area contributed by atoms with Gasteiger partial charge < -0.3 is 11.2 Å². The van der Waals surface area contributed by atoms with Gasteiger partial charge >= 0.3 is 0 Å². The average Bonchev–Trinajstić information content (AvgIpc) is 3.08. The lowest BCUT2D eigenvalue weighted by atomic mass is 9.97. The van der Waals surface area contributed by atoms with Crippen LogP contribution in [0.4, 0.5) is 5.69 Å². The van der Waals surface area contributed by atoms with Crippen molar-refractivity contribution in [1.82, 2.24) is 14.9 Å². The van der Waals surface area contributed by atoms with Gasteiger partial charge in [0.1, 0.15) is 0 Å². The Morgan fingerprint density at radius 1 is 1.14 bits per heavy atom. The number of nitrogen functional groups attached to an aromatic ring is 1. The van der Waals surface area contributed by atoms with Crippen LogP contribution in [0.15, 0.2) is 53.7 Å². The van der Waals surface area contributed by atoms with Gasteiger partial charge in [-0.15, -0.1) is 10.2 Å². The first-order valence-corrected chi connectivity index (χ1v) is 10.6. The molecule has 0 spiro atoms. The van der Waals surface area contributed by atoms with Crippen LogP contribution in [0.5, 0.6) is 0 Å². The van der Waals surface area contributed by atoms with Crippen molar-refractivity contribution in [3.05, 3.63) is 59.7 Å². The molecule has 2 aromatic carbocycles. The van der Waals surface area contributed by atoms with Crippen LogP contribution in [0.2, 0.25) is 0 Å². The summed E-state index contributed by atoms with van der Waals surface area (Å²) in [5, 5.41) is 11.5. The molecule has 7 heteroatoms. The van der Waals surface area contributed by atoms with Crippen molar-refractivity contribution in [2.45, 2.75) is 50.4 Å². The van der Waals surface area contributed by atoms with Crippen molar-refractivity contribution in [3.63, 3.8) is 0 Å². The Balaban J connectivity index is 1.72. The van der Waals surface area contributed by atoms with E-state index in [-0.39, 0.29) is 11.2 Å². The number of carbonyl (C=O) groups excluding carboxylic acids is 1. The van der Waals surface area contributed by atoms with Gasteiger partial charge in [0.15, 0.2) is 5.82 Å². The van der Waals surface area contributed by atoms with Gasteiger partial charge in [-0.3, -0.25) is 4.79 Å². The molecule has 0 bridgehead atoms. The minimum atomic E-state index is -0.377. The van der Waals surface area contributed by atoms with E-state index in [0.717, 1.165) is 28.8 Å². The summed E-state index contributed by atoms with van der Waals surface area (Å²) < 4.78 is 1.44. The van der Waals surface area contributed by atoms with E-state index < -0.39 is 0 Å². The van der Waals surface area contributed by atoms with Crippen molar-refractivity contribution in [2.75, 3.05) is 11.2 Å².